The Morgan fingerprint density at radius 3 is 2.47 bits per heavy atom. The molecule has 2 rings (SSSR count). The molecule has 0 radical (unpaired) electrons. The van der Waals surface area contributed by atoms with Gasteiger partial charge >= 0.3 is 0 Å². The molecule has 0 aromatic heterocycles. The summed E-state index contributed by atoms with van der Waals surface area (Å²) in [5.74, 6) is 1.37. The fraction of sp³-hybridized carbons (Fsp3) is 1.00. The fourth-order valence-electron chi connectivity index (χ4n) is 3.75. The van der Waals surface area contributed by atoms with Gasteiger partial charge in [0.15, 0.2) is 0 Å². The van der Waals surface area contributed by atoms with Crippen molar-refractivity contribution in [2.75, 3.05) is 6.54 Å². The maximum atomic E-state index is 10.3. The Hall–Kier alpha value is -0.0800. The Labute approximate surface area is 93.5 Å². The van der Waals surface area contributed by atoms with Gasteiger partial charge in [0.05, 0.1) is 6.10 Å². The lowest BCUT2D eigenvalue weighted by molar-refractivity contribution is 0.0360. The Bertz CT molecular complexity index is 249. The maximum absolute atomic E-state index is 10.3. The number of fused-ring (bicyclic) bond motifs is 2. The van der Waals surface area contributed by atoms with Crippen molar-refractivity contribution in [2.24, 2.45) is 17.3 Å². The van der Waals surface area contributed by atoms with Crippen LogP contribution in [0.2, 0.25) is 0 Å². The molecule has 2 aliphatic carbocycles. The second kappa shape index (κ2) is 3.46. The third kappa shape index (κ3) is 1.45. The minimum absolute atomic E-state index is 0.00192. The van der Waals surface area contributed by atoms with E-state index in [2.05, 4.69) is 33.0 Å². The van der Waals surface area contributed by atoms with Gasteiger partial charge in [-0.15, -0.1) is 0 Å². The van der Waals surface area contributed by atoms with E-state index in [1.165, 1.54) is 6.42 Å². The first kappa shape index (κ1) is 11.4. The Balaban J connectivity index is 2.16. The summed E-state index contributed by atoms with van der Waals surface area (Å²) in [7, 11) is 0. The fourth-order valence-corrected chi connectivity index (χ4v) is 3.75. The van der Waals surface area contributed by atoms with Gasteiger partial charge in [0.1, 0.15) is 0 Å². The minimum atomic E-state index is -0.134. The largest absolute Gasteiger partial charge is 0.391 e. The number of hydrogen-bond acceptors (Lipinski definition) is 2. The molecule has 0 aromatic carbocycles. The van der Waals surface area contributed by atoms with Crippen LogP contribution in [0.4, 0.5) is 0 Å². The zero-order valence-electron chi connectivity index (χ0n) is 10.5. The van der Waals surface area contributed by atoms with Crippen molar-refractivity contribution < 1.29 is 5.11 Å². The van der Waals surface area contributed by atoms with E-state index < -0.39 is 0 Å². The zero-order chi connectivity index (χ0) is 11.3. The molecule has 0 heterocycles. The summed E-state index contributed by atoms with van der Waals surface area (Å²) >= 11 is 0. The van der Waals surface area contributed by atoms with Crippen LogP contribution in [-0.2, 0) is 0 Å². The zero-order valence-corrected chi connectivity index (χ0v) is 10.5. The van der Waals surface area contributed by atoms with E-state index in [4.69, 9.17) is 0 Å². The molecule has 15 heavy (non-hydrogen) atoms. The molecule has 0 aliphatic heterocycles. The quantitative estimate of drug-likeness (QED) is 0.750. The Morgan fingerprint density at radius 1 is 1.40 bits per heavy atom. The molecule has 2 nitrogen and oxygen atoms in total. The van der Waals surface area contributed by atoms with Gasteiger partial charge in [-0.3, -0.25) is 0 Å². The number of aliphatic hydroxyl groups excluding tert-OH is 1. The summed E-state index contributed by atoms with van der Waals surface area (Å²) in [6.45, 7) is 10.1. The Morgan fingerprint density at radius 2 is 2.07 bits per heavy atom. The minimum Gasteiger partial charge on any atom is -0.391 e. The first-order valence-corrected chi connectivity index (χ1v) is 6.33. The molecular formula is C13H25NO. The summed E-state index contributed by atoms with van der Waals surface area (Å²) in [6.07, 6.45) is 3.30. The summed E-state index contributed by atoms with van der Waals surface area (Å²) in [5.41, 5.74) is 0.267. The lowest BCUT2D eigenvalue weighted by Gasteiger charge is -2.42. The normalized spacial score (nSPS) is 42.8. The van der Waals surface area contributed by atoms with Crippen molar-refractivity contribution in [1.29, 1.82) is 0 Å². The highest BCUT2D eigenvalue weighted by atomic mass is 16.3. The standard InChI is InChI=1S/C13H25NO/c1-9(2)8-14-13-6-5-10(7-11(13)15)12(13,3)4/h9-11,14-15H,5-8H2,1-4H3/t10-,11-,13-/m1/s1. The van der Waals surface area contributed by atoms with Crippen molar-refractivity contribution in [3.05, 3.63) is 0 Å². The van der Waals surface area contributed by atoms with Gasteiger partial charge in [-0.05, 0) is 43.1 Å². The third-order valence-electron chi connectivity index (χ3n) is 4.96. The van der Waals surface area contributed by atoms with Crippen LogP contribution in [0.5, 0.6) is 0 Å². The van der Waals surface area contributed by atoms with Crippen molar-refractivity contribution in [1.82, 2.24) is 5.32 Å². The van der Waals surface area contributed by atoms with Gasteiger partial charge in [0.25, 0.3) is 0 Å². The average Bonchev–Trinajstić information content (AvgIpc) is 2.47. The molecule has 2 fully saturated rings. The van der Waals surface area contributed by atoms with Crippen LogP contribution in [0.1, 0.15) is 47.0 Å². The Kier molecular flexibility index (Phi) is 2.63. The van der Waals surface area contributed by atoms with E-state index in [1.54, 1.807) is 0 Å². The van der Waals surface area contributed by atoms with Crippen molar-refractivity contribution >= 4 is 0 Å². The van der Waals surface area contributed by atoms with Crippen molar-refractivity contribution in [3.63, 3.8) is 0 Å². The lowest BCUT2D eigenvalue weighted by atomic mass is 9.75. The van der Waals surface area contributed by atoms with Crippen LogP contribution in [-0.4, -0.2) is 23.3 Å². The van der Waals surface area contributed by atoms with Crippen LogP contribution >= 0.6 is 0 Å². The molecule has 0 saturated heterocycles. The van der Waals surface area contributed by atoms with E-state index in [-0.39, 0.29) is 17.1 Å². The van der Waals surface area contributed by atoms with Gasteiger partial charge in [0.2, 0.25) is 0 Å². The highest BCUT2D eigenvalue weighted by molar-refractivity contribution is 5.18. The van der Waals surface area contributed by atoms with Gasteiger partial charge in [-0.1, -0.05) is 27.7 Å². The van der Waals surface area contributed by atoms with E-state index in [1.807, 2.05) is 0 Å². The third-order valence-corrected chi connectivity index (χ3v) is 4.96. The molecule has 0 amide bonds. The van der Waals surface area contributed by atoms with Gasteiger partial charge < -0.3 is 10.4 Å². The van der Waals surface area contributed by atoms with Crippen LogP contribution in [0.25, 0.3) is 0 Å². The van der Waals surface area contributed by atoms with Crippen molar-refractivity contribution in [3.8, 4) is 0 Å². The van der Waals surface area contributed by atoms with E-state index in [0.29, 0.717) is 11.8 Å². The average molecular weight is 211 g/mol. The molecular weight excluding hydrogens is 186 g/mol. The first-order chi connectivity index (χ1) is 6.90. The van der Waals surface area contributed by atoms with E-state index in [9.17, 15) is 5.11 Å². The monoisotopic (exact) mass is 211 g/mol. The maximum Gasteiger partial charge on any atom is 0.0729 e. The molecule has 2 heteroatoms. The summed E-state index contributed by atoms with van der Waals surface area (Å²) < 4.78 is 0. The van der Waals surface area contributed by atoms with Crippen LogP contribution < -0.4 is 5.32 Å². The van der Waals surface area contributed by atoms with Crippen molar-refractivity contribution in [2.45, 2.75) is 58.6 Å². The summed E-state index contributed by atoms with van der Waals surface area (Å²) in [6, 6.07) is 0. The molecule has 2 bridgehead atoms. The first-order valence-electron chi connectivity index (χ1n) is 6.33. The van der Waals surface area contributed by atoms with Gasteiger partial charge in [0, 0.05) is 5.54 Å². The molecule has 88 valence electrons. The molecule has 2 N–H and O–H groups in total. The SMILES string of the molecule is CC(C)CN[C@]12CC[C@H](C[C@H]1O)C2(C)C. The second-order valence-corrected chi connectivity index (χ2v) is 6.45. The van der Waals surface area contributed by atoms with Crippen LogP contribution in [0.15, 0.2) is 0 Å². The van der Waals surface area contributed by atoms with E-state index >= 15 is 0 Å². The van der Waals surface area contributed by atoms with Crippen LogP contribution in [0.3, 0.4) is 0 Å². The highest BCUT2D eigenvalue weighted by Crippen LogP contribution is 2.60. The number of aliphatic hydroxyl groups is 1. The van der Waals surface area contributed by atoms with Crippen LogP contribution in [0, 0.1) is 17.3 Å². The summed E-state index contributed by atoms with van der Waals surface area (Å²) in [5, 5.41) is 13.9. The highest BCUT2D eigenvalue weighted by Gasteiger charge is 2.63. The topological polar surface area (TPSA) is 32.3 Å². The molecule has 0 spiro atoms. The molecule has 3 atom stereocenters. The number of nitrogens with one attached hydrogen (secondary N) is 1. The van der Waals surface area contributed by atoms with Gasteiger partial charge in [-0.2, -0.15) is 0 Å². The van der Waals surface area contributed by atoms with E-state index in [0.717, 1.165) is 19.4 Å². The molecule has 2 aliphatic rings. The molecule has 0 unspecified atom stereocenters. The molecule has 2 saturated carbocycles. The summed E-state index contributed by atoms with van der Waals surface area (Å²) in [4.78, 5) is 0. The smallest absolute Gasteiger partial charge is 0.0729 e. The number of hydrogen-bond donors (Lipinski definition) is 2. The molecule has 0 aromatic rings. The second-order valence-electron chi connectivity index (χ2n) is 6.45. The predicted molar refractivity (Wildman–Crippen MR) is 62.7 cm³/mol. The number of rotatable bonds is 3. The lowest BCUT2D eigenvalue weighted by Crippen LogP contribution is -2.58. The predicted octanol–water partition coefficient (Wildman–Crippen LogP) is 2.17. The van der Waals surface area contributed by atoms with Gasteiger partial charge in [-0.25, -0.2) is 0 Å².